The monoisotopic (exact) mass is 272 g/mol. The molecule has 0 aliphatic heterocycles. The fourth-order valence-electron chi connectivity index (χ4n) is 1.49. The molecular weight excluding hydrogens is 252 g/mol. The number of nitrogens with one attached hydrogen (secondary N) is 2. The van der Waals surface area contributed by atoms with Gasteiger partial charge in [0.2, 0.25) is 10.0 Å². The van der Waals surface area contributed by atoms with E-state index in [2.05, 4.69) is 10.0 Å². The topological polar surface area (TPSA) is 67.4 Å². The Morgan fingerprint density at radius 3 is 2.39 bits per heavy atom. The number of sulfonamides is 1. The standard InChI is InChI=1S/C12H20N2O3S/c1-10(8-9-17-3)14-18(15,16)12-6-4-11(13-2)5-7-12/h4-7,10,13-14H,8-9H2,1-3H3. The minimum absolute atomic E-state index is 0.154. The van der Waals surface area contributed by atoms with Crippen molar-refractivity contribution in [3.8, 4) is 0 Å². The largest absolute Gasteiger partial charge is 0.388 e. The van der Waals surface area contributed by atoms with Crippen molar-refractivity contribution in [1.82, 2.24) is 4.72 Å². The van der Waals surface area contributed by atoms with Crippen LogP contribution >= 0.6 is 0 Å². The minimum Gasteiger partial charge on any atom is -0.388 e. The van der Waals surface area contributed by atoms with Crippen molar-refractivity contribution in [2.75, 3.05) is 26.1 Å². The highest BCUT2D eigenvalue weighted by Gasteiger charge is 2.16. The average Bonchev–Trinajstić information content (AvgIpc) is 2.36. The normalized spacial score (nSPS) is 13.3. The third kappa shape index (κ3) is 4.29. The van der Waals surface area contributed by atoms with Crippen LogP contribution in [0.5, 0.6) is 0 Å². The van der Waals surface area contributed by atoms with E-state index in [0.717, 1.165) is 5.69 Å². The molecule has 6 heteroatoms. The summed E-state index contributed by atoms with van der Waals surface area (Å²) in [5.41, 5.74) is 0.876. The van der Waals surface area contributed by atoms with Gasteiger partial charge in [-0.2, -0.15) is 0 Å². The van der Waals surface area contributed by atoms with Crippen LogP contribution < -0.4 is 10.0 Å². The van der Waals surface area contributed by atoms with Crippen LogP contribution in [-0.4, -0.2) is 35.2 Å². The lowest BCUT2D eigenvalue weighted by Crippen LogP contribution is -2.33. The van der Waals surface area contributed by atoms with Crippen molar-refractivity contribution in [2.24, 2.45) is 0 Å². The van der Waals surface area contributed by atoms with Crippen LogP contribution in [0, 0.1) is 0 Å². The Balaban J connectivity index is 2.73. The highest BCUT2D eigenvalue weighted by Crippen LogP contribution is 2.14. The molecule has 1 aromatic rings. The summed E-state index contributed by atoms with van der Waals surface area (Å²) in [5, 5.41) is 2.94. The van der Waals surface area contributed by atoms with E-state index < -0.39 is 10.0 Å². The first kappa shape index (κ1) is 14.9. The number of hydrogen-bond acceptors (Lipinski definition) is 4. The summed E-state index contributed by atoms with van der Waals surface area (Å²) in [6.07, 6.45) is 0.643. The Bertz CT molecular complexity index is 457. The summed E-state index contributed by atoms with van der Waals surface area (Å²) in [6, 6.07) is 6.47. The van der Waals surface area contributed by atoms with E-state index in [1.807, 2.05) is 6.92 Å². The molecule has 0 heterocycles. The molecule has 0 aliphatic rings. The predicted octanol–water partition coefficient (Wildman–Crippen LogP) is 1.43. The van der Waals surface area contributed by atoms with Crippen molar-refractivity contribution in [3.05, 3.63) is 24.3 Å². The highest BCUT2D eigenvalue weighted by molar-refractivity contribution is 7.89. The van der Waals surface area contributed by atoms with E-state index in [1.54, 1.807) is 38.4 Å². The lowest BCUT2D eigenvalue weighted by atomic mass is 10.3. The molecule has 0 amide bonds. The zero-order valence-corrected chi connectivity index (χ0v) is 11.8. The molecule has 0 spiro atoms. The maximum absolute atomic E-state index is 12.0. The van der Waals surface area contributed by atoms with Crippen molar-refractivity contribution in [3.63, 3.8) is 0 Å². The number of rotatable bonds is 7. The van der Waals surface area contributed by atoms with Crippen LogP contribution in [0.4, 0.5) is 5.69 Å². The van der Waals surface area contributed by atoms with E-state index in [0.29, 0.717) is 13.0 Å². The maximum atomic E-state index is 12.0. The summed E-state index contributed by atoms with van der Waals surface area (Å²) >= 11 is 0. The third-order valence-corrected chi connectivity index (χ3v) is 4.17. The van der Waals surface area contributed by atoms with E-state index >= 15 is 0 Å². The molecular formula is C12H20N2O3S. The van der Waals surface area contributed by atoms with Gasteiger partial charge in [-0.1, -0.05) is 0 Å². The summed E-state index contributed by atoms with van der Waals surface area (Å²) in [6.45, 7) is 2.35. The van der Waals surface area contributed by atoms with Crippen LogP contribution in [0.1, 0.15) is 13.3 Å². The SMILES string of the molecule is CNc1ccc(S(=O)(=O)NC(C)CCOC)cc1. The quantitative estimate of drug-likeness (QED) is 0.788. The molecule has 0 aliphatic carbocycles. The number of ether oxygens (including phenoxy) is 1. The molecule has 1 unspecified atom stereocenters. The molecule has 1 atom stereocenters. The van der Waals surface area contributed by atoms with Crippen LogP contribution in [-0.2, 0) is 14.8 Å². The van der Waals surface area contributed by atoms with Crippen molar-refractivity contribution in [2.45, 2.75) is 24.3 Å². The van der Waals surface area contributed by atoms with Crippen LogP contribution in [0.15, 0.2) is 29.2 Å². The van der Waals surface area contributed by atoms with Crippen molar-refractivity contribution in [1.29, 1.82) is 0 Å². The first-order chi connectivity index (χ1) is 8.49. The summed E-state index contributed by atoms with van der Waals surface area (Å²) in [4.78, 5) is 0.269. The number of hydrogen-bond donors (Lipinski definition) is 2. The Kier molecular flexibility index (Phi) is 5.58. The van der Waals surface area contributed by atoms with Gasteiger partial charge >= 0.3 is 0 Å². The highest BCUT2D eigenvalue weighted by atomic mass is 32.2. The van der Waals surface area contributed by atoms with Gasteiger partial charge in [0, 0.05) is 32.5 Å². The lowest BCUT2D eigenvalue weighted by Gasteiger charge is -2.14. The van der Waals surface area contributed by atoms with E-state index in [9.17, 15) is 8.42 Å². The zero-order valence-electron chi connectivity index (χ0n) is 10.9. The van der Waals surface area contributed by atoms with Gasteiger partial charge in [0.25, 0.3) is 0 Å². The maximum Gasteiger partial charge on any atom is 0.240 e. The second-order valence-corrected chi connectivity index (χ2v) is 5.79. The molecule has 1 aromatic carbocycles. The molecule has 0 aromatic heterocycles. The molecule has 2 N–H and O–H groups in total. The smallest absolute Gasteiger partial charge is 0.240 e. The van der Waals surface area contributed by atoms with Crippen LogP contribution in [0.3, 0.4) is 0 Å². The van der Waals surface area contributed by atoms with E-state index in [4.69, 9.17) is 4.74 Å². The molecule has 5 nitrogen and oxygen atoms in total. The molecule has 0 bridgehead atoms. The van der Waals surface area contributed by atoms with Gasteiger partial charge in [-0.25, -0.2) is 13.1 Å². The predicted molar refractivity (Wildman–Crippen MR) is 72.3 cm³/mol. The number of benzene rings is 1. The fourth-order valence-corrected chi connectivity index (χ4v) is 2.77. The Hall–Kier alpha value is -1.11. The Morgan fingerprint density at radius 1 is 1.28 bits per heavy atom. The molecule has 1 rings (SSSR count). The molecule has 0 saturated heterocycles. The van der Waals surface area contributed by atoms with Gasteiger partial charge in [0.1, 0.15) is 0 Å². The molecule has 0 fully saturated rings. The Morgan fingerprint density at radius 2 is 1.89 bits per heavy atom. The van der Waals surface area contributed by atoms with Gasteiger partial charge < -0.3 is 10.1 Å². The van der Waals surface area contributed by atoms with Gasteiger partial charge in [0.05, 0.1) is 4.90 Å². The summed E-state index contributed by atoms with van der Waals surface area (Å²) in [7, 11) is -0.0670. The second-order valence-electron chi connectivity index (χ2n) is 4.08. The summed E-state index contributed by atoms with van der Waals surface area (Å²) in [5.74, 6) is 0. The average molecular weight is 272 g/mol. The number of methoxy groups -OCH3 is 1. The molecule has 0 saturated carbocycles. The zero-order chi connectivity index (χ0) is 13.6. The van der Waals surface area contributed by atoms with E-state index in [-0.39, 0.29) is 10.9 Å². The Labute approximate surface area is 109 Å². The second kappa shape index (κ2) is 6.72. The molecule has 0 radical (unpaired) electrons. The number of anilines is 1. The van der Waals surface area contributed by atoms with Crippen LogP contribution in [0.2, 0.25) is 0 Å². The van der Waals surface area contributed by atoms with Gasteiger partial charge in [-0.15, -0.1) is 0 Å². The van der Waals surface area contributed by atoms with Gasteiger partial charge in [0.15, 0.2) is 0 Å². The third-order valence-electron chi connectivity index (χ3n) is 2.56. The first-order valence-electron chi connectivity index (χ1n) is 5.78. The van der Waals surface area contributed by atoms with E-state index in [1.165, 1.54) is 0 Å². The van der Waals surface area contributed by atoms with Gasteiger partial charge in [-0.3, -0.25) is 0 Å². The fraction of sp³-hybridized carbons (Fsp3) is 0.500. The first-order valence-corrected chi connectivity index (χ1v) is 7.27. The minimum atomic E-state index is -3.45. The lowest BCUT2D eigenvalue weighted by molar-refractivity contribution is 0.188. The van der Waals surface area contributed by atoms with Gasteiger partial charge in [-0.05, 0) is 37.6 Å². The van der Waals surface area contributed by atoms with Crippen molar-refractivity contribution < 1.29 is 13.2 Å². The van der Waals surface area contributed by atoms with Crippen LogP contribution in [0.25, 0.3) is 0 Å². The molecule has 18 heavy (non-hydrogen) atoms. The summed E-state index contributed by atoms with van der Waals surface area (Å²) < 4.78 is 31.6. The van der Waals surface area contributed by atoms with Crippen molar-refractivity contribution >= 4 is 15.7 Å². The molecule has 102 valence electrons.